The highest BCUT2D eigenvalue weighted by atomic mass is 35.6. The fourth-order valence-corrected chi connectivity index (χ4v) is 1.02. The Hall–Kier alpha value is 0.0900. The molecular weight excluding hydrogens is 238 g/mol. The van der Waals surface area contributed by atoms with Crippen molar-refractivity contribution in [1.29, 1.82) is 0 Å². The Morgan fingerprint density at radius 3 is 1.86 bits per heavy atom. The lowest BCUT2D eigenvalue weighted by Crippen LogP contribution is -1.88. The third-order valence-electron chi connectivity index (χ3n) is 1.98. The quantitative estimate of drug-likeness (QED) is 0.637. The van der Waals surface area contributed by atoms with E-state index in [0.717, 1.165) is 0 Å². The van der Waals surface area contributed by atoms with Crippen LogP contribution >= 0.6 is 34.8 Å². The number of hydrogen-bond donors (Lipinski definition) is 0. The van der Waals surface area contributed by atoms with Crippen molar-refractivity contribution < 1.29 is 0 Å². The van der Waals surface area contributed by atoms with Crippen molar-refractivity contribution in [2.75, 3.05) is 0 Å². The molecule has 0 aliphatic rings. The third-order valence-corrected chi connectivity index (χ3v) is 1.98. The topological polar surface area (TPSA) is 0 Å². The van der Waals surface area contributed by atoms with E-state index in [2.05, 4.69) is 44.2 Å². The molecule has 1 aromatic rings. The van der Waals surface area contributed by atoms with Gasteiger partial charge in [0.15, 0.2) is 4.30 Å². The van der Waals surface area contributed by atoms with E-state index < -0.39 is 4.30 Å². The fraction of sp³-hybridized carbons (Fsp3) is 0.455. The minimum atomic E-state index is -0.750. The second kappa shape index (κ2) is 8.40. The van der Waals surface area contributed by atoms with Crippen LogP contribution < -0.4 is 0 Å². The Kier molecular flexibility index (Phi) is 8.46. The highest BCUT2D eigenvalue weighted by Gasteiger charge is 1.98. The molecule has 1 atom stereocenters. The molecular formula is C11H15Cl3. The van der Waals surface area contributed by atoms with E-state index in [1.807, 2.05) is 0 Å². The molecule has 3 heteroatoms. The zero-order valence-corrected chi connectivity index (χ0v) is 10.7. The van der Waals surface area contributed by atoms with Gasteiger partial charge in [-0.1, -0.05) is 79.0 Å². The van der Waals surface area contributed by atoms with E-state index >= 15 is 0 Å². The van der Waals surface area contributed by atoms with Crippen molar-refractivity contribution >= 4 is 34.8 Å². The average Bonchev–Trinajstić information content (AvgIpc) is 2.17. The lowest BCUT2D eigenvalue weighted by Gasteiger charge is -2.06. The Morgan fingerprint density at radius 1 is 1.07 bits per heavy atom. The molecule has 0 N–H and O–H groups in total. The molecule has 0 saturated heterocycles. The van der Waals surface area contributed by atoms with Crippen molar-refractivity contribution in [2.45, 2.75) is 30.5 Å². The molecule has 0 amide bonds. The predicted molar refractivity (Wildman–Crippen MR) is 66.5 cm³/mol. The first kappa shape index (κ1) is 14.1. The summed E-state index contributed by atoms with van der Waals surface area (Å²) in [5, 5.41) is 0. The third kappa shape index (κ3) is 7.49. The van der Waals surface area contributed by atoms with Gasteiger partial charge in [-0.3, -0.25) is 0 Å². The number of halogens is 3. The summed E-state index contributed by atoms with van der Waals surface area (Å²) in [5.74, 6) is 0.709. The SMILES string of the molecule is CCC(C)c1ccccc1.ClC(Cl)Cl. The molecule has 0 fully saturated rings. The second-order valence-corrected chi connectivity index (χ2v) is 4.95. The van der Waals surface area contributed by atoms with Gasteiger partial charge in [0, 0.05) is 0 Å². The first-order chi connectivity index (χ1) is 6.57. The van der Waals surface area contributed by atoms with Crippen molar-refractivity contribution in [3.63, 3.8) is 0 Å². The maximum atomic E-state index is 4.81. The number of benzene rings is 1. The molecule has 0 nitrogen and oxygen atoms in total. The summed E-state index contributed by atoms with van der Waals surface area (Å²) in [6.07, 6.45) is 1.23. The zero-order valence-electron chi connectivity index (χ0n) is 8.38. The first-order valence-corrected chi connectivity index (χ1v) is 5.86. The normalized spacial score (nSPS) is 11.9. The zero-order chi connectivity index (χ0) is 11.0. The Bertz CT molecular complexity index is 218. The number of rotatable bonds is 2. The van der Waals surface area contributed by atoms with Gasteiger partial charge in [0.1, 0.15) is 0 Å². The van der Waals surface area contributed by atoms with Crippen molar-refractivity contribution in [3.8, 4) is 0 Å². The van der Waals surface area contributed by atoms with Crippen LogP contribution in [0.5, 0.6) is 0 Å². The number of alkyl halides is 3. The Balaban J connectivity index is 0.000000364. The summed E-state index contributed by atoms with van der Waals surface area (Å²) in [4.78, 5) is 0. The van der Waals surface area contributed by atoms with Crippen LogP contribution in [0.15, 0.2) is 30.3 Å². The van der Waals surface area contributed by atoms with Crippen LogP contribution in [0.3, 0.4) is 0 Å². The van der Waals surface area contributed by atoms with Crippen LogP contribution in [0.4, 0.5) is 0 Å². The monoisotopic (exact) mass is 252 g/mol. The first-order valence-electron chi connectivity index (χ1n) is 4.55. The summed E-state index contributed by atoms with van der Waals surface area (Å²) in [5.41, 5.74) is 1.45. The van der Waals surface area contributed by atoms with Crippen LogP contribution in [0.2, 0.25) is 0 Å². The minimum absolute atomic E-state index is 0.709. The standard InChI is InChI=1S/C10H14.CHCl3/c1-3-9(2)10-7-5-4-6-8-10;2-1(3)4/h4-9H,3H2,1-2H3;1H. The lowest BCUT2D eigenvalue weighted by atomic mass is 9.99. The molecule has 0 aliphatic carbocycles. The largest absolute Gasteiger partial charge is 0.180 e. The molecule has 0 radical (unpaired) electrons. The Labute approximate surface area is 101 Å². The van der Waals surface area contributed by atoms with Gasteiger partial charge >= 0.3 is 0 Å². The summed E-state index contributed by atoms with van der Waals surface area (Å²) in [7, 11) is 0. The predicted octanol–water partition coefficient (Wildman–Crippen LogP) is 5.19. The highest BCUT2D eigenvalue weighted by molar-refractivity contribution is 6.63. The summed E-state index contributed by atoms with van der Waals surface area (Å²) in [6, 6.07) is 10.6. The summed E-state index contributed by atoms with van der Waals surface area (Å²) in [6.45, 7) is 4.48. The molecule has 1 aromatic carbocycles. The maximum absolute atomic E-state index is 4.81. The summed E-state index contributed by atoms with van der Waals surface area (Å²) < 4.78 is -0.750. The van der Waals surface area contributed by atoms with E-state index in [9.17, 15) is 0 Å². The van der Waals surface area contributed by atoms with Crippen LogP contribution in [0.25, 0.3) is 0 Å². The van der Waals surface area contributed by atoms with Gasteiger partial charge in [0.25, 0.3) is 0 Å². The molecule has 0 bridgehead atoms. The van der Waals surface area contributed by atoms with Crippen LogP contribution in [0, 0.1) is 0 Å². The molecule has 0 heterocycles. The smallest absolute Gasteiger partial charge is 0.0874 e. The average molecular weight is 254 g/mol. The van der Waals surface area contributed by atoms with Gasteiger partial charge in [-0.25, -0.2) is 0 Å². The van der Waals surface area contributed by atoms with Crippen molar-refractivity contribution in [2.24, 2.45) is 0 Å². The van der Waals surface area contributed by atoms with E-state index in [1.54, 1.807) is 0 Å². The molecule has 14 heavy (non-hydrogen) atoms. The number of hydrogen-bond acceptors (Lipinski definition) is 0. The Morgan fingerprint density at radius 2 is 1.50 bits per heavy atom. The van der Waals surface area contributed by atoms with Gasteiger partial charge in [-0.2, -0.15) is 0 Å². The lowest BCUT2D eigenvalue weighted by molar-refractivity contribution is 0.733. The molecule has 0 aliphatic heterocycles. The van der Waals surface area contributed by atoms with Gasteiger partial charge in [-0.05, 0) is 17.9 Å². The molecule has 80 valence electrons. The van der Waals surface area contributed by atoms with Gasteiger partial charge in [0.05, 0.1) is 0 Å². The van der Waals surface area contributed by atoms with Crippen molar-refractivity contribution in [3.05, 3.63) is 35.9 Å². The van der Waals surface area contributed by atoms with Crippen LogP contribution in [-0.4, -0.2) is 4.30 Å². The van der Waals surface area contributed by atoms with Crippen molar-refractivity contribution in [1.82, 2.24) is 0 Å². The summed E-state index contributed by atoms with van der Waals surface area (Å²) >= 11 is 14.4. The minimum Gasteiger partial charge on any atom is -0.0874 e. The van der Waals surface area contributed by atoms with Gasteiger partial charge in [-0.15, -0.1) is 0 Å². The second-order valence-electron chi connectivity index (χ2n) is 2.97. The van der Waals surface area contributed by atoms with Crippen LogP contribution in [0.1, 0.15) is 31.7 Å². The maximum Gasteiger partial charge on any atom is 0.180 e. The molecule has 0 saturated carbocycles. The molecule has 0 spiro atoms. The molecule has 1 unspecified atom stereocenters. The van der Waals surface area contributed by atoms with Gasteiger partial charge in [0.2, 0.25) is 0 Å². The van der Waals surface area contributed by atoms with E-state index in [4.69, 9.17) is 34.8 Å². The van der Waals surface area contributed by atoms with E-state index in [-0.39, 0.29) is 0 Å². The van der Waals surface area contributed by atoms with E-state index in [1.165, 1.54) is 12.0 Å². The van der Waals surface area contributed by atoms with Crippen LogP contribution in [-0.2, 0) is 0 Å². The molecule has 0 aromatic heterocycles. The fourth-order valence-electron chi connectivity index (χ4n) is 1.02. The van der Waals surface area contributed by atoms with E-state index in [0.29, 0.717) is 5.92 Å². The molecule has 1 rings (SSSR count). The highest BCUT2D eigenvalue weighted by Crippen LogP contribution is 2.16. The van der Waals surface area contributed by atoms with Gasteiger partial charge < -0.3 is 0 Å².